The van der Waals surface area contributed by atoms with E-state index in [1.165, 1.54) is 0 Å². The molecule has 1 aliphatic heterocycles. The molecule has 1 atom stereocenters. The fourth-order valence-electron chi connectivity index (χ4n) is 2.39. The van der Waals surface area contributed by atoms with E-state index in [1.807, 2.05) is 26.8 Å². The lowest BCUT2D eigenvalue weighted by Crippen LogP contribution is -2.46. The summed E-state index contributed by atoms with van der Waals surface area (Å²) in [7, 11) is 1.55. The molecule has 1 saturated heterocycles. The number of carbonyl (C=O) groups is 1. The number of nitrogens with one attached hydrogen (secondary N) is 1. The number of carbonyl (C=O) groups excluding carboxylic acids is 1. The molecule has 7 heteroatoms. The summed E-state index contributed by atoms with van der Waals surface area (Å²) >= 11 is 5.95. The second-order valence-electron chi connectivity index (χ2n) is 6.18. The van der Waals surface area contributed by atoms with E-state index in [4.69, 9.17) is 21.1 Å². The maximum absolute atomic E-state index is 11.9. The Morgan fingerprint density at radius 3 is 2.86 bits per heavy atom. The zero-order valence-electron chi connectivity index (χ0n) is 13.4. The normalized spacial score (nSPS) is 18.2. The van der Waals surface area contributed by atoms with Crippen LogP contribution in [0.1, 0.15) is 33.6 Å². The SMILES string of the molecule is COc1cc(N2CCCC2NC(=O)OC(C)(C)C)cnc1Cl. The molecule has 1 aromatic heterocycles. The molecule has 0 aliphatic carbocycles. The van der Waals surface area contributed by atoms with E-state index in [1.54, 1.807) is 13.3 Å². The van der Waals surface area contributed by atoms with Crippen molar-refractivity contribution in [3.63, 3.8) is 0 Å². The molecular formula is C15H22ClN3O3. The molecule has 2 heterocycles. The standard InChI is InChI=1S/C15H22ClN3O3/c1-15(2,3)22-14(20)18-12-6-5-7-19(12)10-8-11(21-4)13(16)17-9-10/h8-9,12H,5-7H2,1-4H3,(H,18,20). The molecule has 1 fully saturated rings. The lowest BCUT2D eigenvalue weighted by atomic mass is 10.2. The second-order valence-corrected chi connectivity index (χ2v) is 6.54. The molecule has 6 nitrogen and oxygen atoms in total. The molecule has 1 amide bonds. The lowest BCUT2D eigenvalue weighted by molar-refractivity contribution is 0.0506. The minimum atomic E-state index is -0.515. The summed E-state index contributed by atoms with van der Waals surface area (Å²) in [6, 6.07) is 1.82. The van der Waals surface area contributed by atoms with Crippen molar-refractivity contribution in [2.45, 2.75) is 45.4 Å². The Balaban J connectivity index is 2.09. The Hall–Kier alpha value is -1.69. The number of nitrogens with zero attached hydrogens (tertiary/aromatic N) is 2. The van der Waals surface area contributed by atoms with Gasteiger partial charge in [0.1, 0.15) is 11.8 Å². The number of hydrogen-bond donors (Lipinski definition) is 1. The van der Waals surface area contributed by atoms with Gasteiger partial charge in [-0.1, -0.05) is 11.6 Å². The Bertz CT molecular complexity index is 545. The van der Waals surface area contributed by atoms with Crippen LogP contribution in [-0.4, -0.2) is 36.5 Å². The number of anilines is 1. The van der Waals surface area contributed by atoms with Gasteiger partial charge in [-0.25, -0.2) is 9.78 Å². The van der Waals surface area contributed by atoms with Gasteiger partial charge in [0, 0.05) is 12.6 Å². The van der Waals surface area contributed by atoms with Crippen LogP contribution in [-0.2, 0) is 4.74 Å². The maximum Gasteiger partial charge on any atom is 0.409 e. The topological polar surface area (TPSA) is 63.7 Å². The van der Waals surface area contributed by atoms with E-state index >= 15 is 0 Å². The highest BCUT2D eigenvalue weighted by atomic mass is 35.5. The smallest absolute Gasteiger partial charge is 0.409 e. The summed E-state index contributed by atoms with van der Waals surface area (Å²) in [6.45, 7) is 6.35. The predicted molar refractivity (Wildman–Crippen MR) is 85.5 cm³/mol. The molecule has 1 N–H and O–H groups in total. The van der Waals surface area contributed by atoms with Gasteiger partial charge in [0.2, 0.25) is 0 Å². The quantitative estimate of drug-likeness (QED) is 0.864. The van der Waals surface area contributed by atoms with Gasteiger partial charge in [-0.15, -0.1) is 0 Å². The van der Waals surface area contributed by atoms with Crippen molar-refractivity contribution in [2.24, 2.45) is 0 Å². The minimum Gasteiger partial charge on any atom is -0.493 e. The third-order valence-corrected chi connectivity index (χ3v) is 3.56. The third kappa shape index (κ3) is 4.16. The van der Waals surface area contributed by atoms with Crippen LogP contribution in [0.5, 0.6) is 5.75 Å². The monoisotopic (exact) mass is 327 g/mol. The first-order valence-electron chi connectivity index (χ1n) is 7.26. The first-order valence-corrected chi connectivity index (χ1v) is 7.63. The first-order chi connectivity index (χ1) is 10.3. The van der Waals surface area contributed by atoms with Crippen LogP contribution in [0.2, 0.25) is 5.15 Å². The van der Waals surface area contributed by atoms with Crippen molar-refractivity contribution in [1.29, 1.82) is 0 Å². The minimum absolute atomic E-state index is 0.123. The number of ether oxygens (including phenoxy) is 2. The summed E-state index contributed by atoms with van der Waals surface area (Å²) < 4.78 is 10.5. The predicted octanol–water partition coefficient (Wildman–Crippen LogP) is 3.19. The number of halogens is 1. The van der Waals surface area contributed by atoms with E-state index in [2.05, 4.69) is 15.2 Å². The van der Waals surface area contributed by atoms with E-state index in [0.29, 0.717) is 10.9 Å². The van der Waals surface area contributed by atoms with Crippen LogP contribution in [0.15, 0.2) is 12.3 Å². The van der Waals surface area contributed by atoms with Crippen molar-refractivity contribution in [2.75, 3.05) is 18.6 Å². The average Bonchev–Trinajstić information content (AvgIpc) is 2.85. The van der Waals surface area contributed by atoms with E-state index in [0.717, 1.165) is 25.1 Å². The summed E-state index contributed by atoms with van der Waals surface area (Å²) in [4.78, 5) is 18.1. The van der Waals surface area contributed by atoms with Crippen LogP contribution >= 0.6 is 11.6 Å². The van der Waals surface area contributed by atoms with Crippen LogP contribution < -0.4 is 15.0 Å². The highest BCUT2D eigenvalue weighted by Crippen LogP contribution is 2.30. The molecule has 0 bridgehead atoms. The van der Waals surface area contributed by atoms with Crippen LogP contribution in [0, 0.1) is 0 Å². The number of alkyl carbamates (subject to hydrolysis) is 1. The number of methoxy groups -OCH3 is 1. The van der Waals surface area contributed by atoms with Crippen molar-refractivity contribution < 1.29 is 14.3 Å². The fraction of sp³-hybridized carbons (Fsp3) is 0.600. The summed E-state index contributed by atoms with van der Waals surface area (Å²) in [5.74, 6) is 0.516. The third-order valence-electron chi connectivity index (χ3n) is 3.28. The number of pyridine rings is 1. The molecule has 1 unspecified atom stereocenters. The molecule has 1 aliphatic rings. The molecule has 22 heavy (non-hydrogen) atoms. The highest BCUT2D eigenvalue weighted by Gasteiger charge is 2.28. The summed E-state index contributed by atoms with van der Waals surface area (Å²) in [5.41, 5.74) is 0.346. The highest BCUT2D eigenvalue weighted by molar-refractivity contribution is 6.30. The zero-order chi connectivity index (χ0) is 16.3. The fourth-order valence-corrected chi connectivity index (χ4v) is 2.57. The molecule has 122 valence electrons. The molecule has 0 spiro atoms. The Kier molecular flexibility index (Phi) is 5.01. The second kappa shape index (κ2) is 6.60. The number of hydrogen-bond acceptors (Lipinski definition) is 5. The van der Waals surface area contributed by atoms with E-state index in [9.17, 15) is 4.79 Å². The lowest BCUT2D eigenvalue weighted by Gasteiger charge is -2.29. The van der Waals surface area contributed by atoms with Gasteiger partial charge in [0.15, 0.2) is 10.9 Å². The van der Waals surface area contributed by atoms with Gasteiger partial charge in [0.05, 0.1) is 19.0 Å². The van der Waals surface area contributed by atoms with Gasteiger partial charge in [0.25, 0.3) is 0 Å². The van der Waals surface area contributed by atoms with E-state index < -0.39 is 11.7 Å². The maximum atomic E-state index is 11.9. The summed E-state index contributed by atoms with van der Waals surface area (Å²) in [5, 5.41) is 3.22. The van der Waals surface area contributed by atoms with Crippen LogP contribution in [0.25, 0.3) is 0 Å². The average molecular weight is 328 g/mol. The molecule has 0 aromatic carbocycles. The summed E-state index contributed by atoms with van der Waals surface area (Å²) in [6.07, 6.45) is 2.97. The van der Waals surface area contributed by atoms with Gasteiger partial charge >= 0.3 is 6.09 Å². The number of amides is 1. The van der Waals surface area contributed by atoms with Crippen molar-refractivity contribution in [3.05, 3.63) is 17.4 Å². The Morgan fingerprint density at radius 1 is 1.50 bits per heavy atom. The van der Waals surface area contributed by atoms with Crippen molar-refractivity contribution >= 4 is 23.4 Å². The van der Waals surface area contributed by atoms with Gasteiger partial charge in [-0.05, 0) is 33.6 Å². The number of aromatic nitrogens is 1. The number of rotatable bonds is 3. The van der Waals surface area contributed by atoms with Gasteiger partial charge in [-0.3, -0.25) is 0 Å². The zero-order valence-corrected chi connectivity index (χ0v) is 14.1. The molecule has 2 rings (SSSR count). The Labute approximate surface area is 135 Å². The first kappa shape index (κ1) is 16.7. The van der Waals surface area contributed by atoms with Crippen LogP contribution in [0.4, 0.5) is 10.5 Å². The molecule has 1 aromatic rings. The van der Waals surface area contributed by atoms with Gasteiger partial charge in [-0.2, -0.15) is 0 Å². The largest absolute Gasteiger partial charge is 0.493 e. The molecular weight excluding hydrogens is 306 g/mol. The van der Waals surface area contributed by atoms with E-state index in [-0.39, 0.29) is 6.17 Å². The van der Waals surface area contributed by atoms with Gasteiger partial charge < -0.3 is 19.7 Å². The molecule has 0 saturated carbocycles. The molecule has 0 radical (unpaired) electrons. The van der Waals surface area contributed by atoms with Crippen molar-refractivity contribution in [1.82, 2.24) is 10.3 Å². The van der Waals surface area contributed by atoms with Crippen molar-refractivity contribution in [3.8, 4) is 5.75 Å². The van der Waals surface area contributed by atoms with Crippen LogP contribution in [0.3, 0.4) is 0 Å². The Morgan fingerprint density at radius 2 is 2.23 bits per heavy atom.